The van der Waals surface area contributed by atoms with Gasteiger partial charge in [0.2, 0.25) is 0 Å². The molecule has 0 radical (unpaired) electrons. The Bertz CT molecular complexity index is 3070. The molecule has 0 saturated heterocycles. The highest BCUT2D eigenvalue weighted by Gasteiger charge is 2.31. The van der Waals surface area contributed by atoms with Gasteiger partial charge in [0, 0.05) is 49.2 Å². The number of rotatable bonds is 4. The summed E-state index contributed by atoms with van der Waals surface area (Å²) in [6, 6.07) is 41.9. The van der Waals surface area contributed by atoms with Gasteiger partial charge in [0.25, 0.3) is 0 Å². The summed E-state index contributed by atoms with van der Waals surface area (Å²) in [5, 5.41) is 6.52. The molecule has 53 heavy (non-hydrogen) atoms. The van der Waals surface area contributed by atoms with Crippen molar-refractivity contribution in [2.45, 2.75) is 26.2 Å². The van der Waals surface area contributed by atoms with Crippen molar-refractivity contribution in [3.05, 3.63) is 157 Å². The smallest absolute Gasteiger partial charge is 0.164 e. The molecular formula is C48H33N3O2. The predicted octanol–water partition coefficient (Wildman–Crippen LogP) is 12.9. The molecule has 1 atom stereocenters. The second kappa shape index (κ2) is 11.5. The number of benzene rings is 6. The van der Waals surface area contributed by atoms with Crippen molar-refractivity contribution in [1.82, 2.24) is 15.0 Å². The maximum atomic E-state index is 6.50. The van der Waals surface area contributed by atoms with Crippen LogP contribution in [0, 0.1) is 5.41 Å². The normalized spacial score (nSPS) is 17.2. The number of hydrogen-bond acceptors (Lipinski definition) is 5. The van der Waals surface area contributed by atoms with E-state index in [1.165, 1.54) is 11.0 Å². The van der Waals surface area contributed by atoms with Crippen LogP contribution >= 0.6 is 0 Å². The molecule has 0 N–H and O–H groups in total. The van der Waals surface area contributed by atoms with Gasteiger partial charge in [-0.05, 0) is 65.9 Å². The van der Waals surface area contributed by atoms with Gasteiger partial charge in [0.1, 0.15) is 22.3 Å². The van der Waals surface area contributed by atoms with Gasteiger partial charge in [-0.2, -0.15) is 0 Å². The highest BCUT2D eigenvalue weighted by atomic mass is 16.3. The quantitative estimate of drug-likeness (QED) is 0.173. The van der Waals surface area contributed by atoms with E-state index in [4.69, 9.17) is 23.8 Å². The summed E-state index contributed by atoms with van der Waals surface area (Å²) in [5.74, 6) is 1.95. The van der Waals surface area contributed by atoms with Crippen molar-refractivity contribution < 1.29 is 8.83 Å². The molecule has 0 spiro atoms. The average Bonchev–Trinajstić information content (AvgIpc) is 3.78. The maximum Gasteiger partial charge on any atom is 0.164 e. The zero-order valence-corrected chi connectivity index (χ0v) is 29.1. The van der Waals surface area contributed by atoms with Crippen LogP contribution in [0.2, 0.25) is 0 Å². The molecule has 9 aromatic rings. The third-order valence-corrected chi connectivity index (χ3v) is 11.2. The van der Waals surface area contributed by atoms with E-state index in [2.05, 4.69) is 128 Å². The molecule has 3 heterocycles. The molecule has 0 aliphatic heterocycles. The fraction of sp³-hybridized carbons (Fsp3) is 0.104. The van der Waals surface area contributed by atoms with E-state index in [1.54, 1.807) is 0 Å². The van der Waals surface area contributed by atoms with Crippen molar-refractivity contribution in [2.24, 2.45) is 5.41 Å². The van der Waals surface area contributed by atoms with E-state index in [-0.39, 0.29) is 5.41 Å². The van der Waals surface area contributed by atoms with Crippen LogP contribution in [0.5, 0.6) is 0 Å². The monoisotopic (exact) mass is 683 g/mol. The standard InChI is InChI=1S/C48H33N3O2/c1-48-24-7-6-12-34(48)27-33(23-25-48)46-49-45(32-20-19-29-10-2-3-11-30(29)26-32)50-47(51-46)38-16-9-18-42-43(38)39-28-31(21-22-41(39)52-42)35-14-8-15-37-36-13-4-5-17-40(36)53-44(35)37/h2-5,7-11,13-24,26-28H,6,12,25H2,1H3. The fourth-order valence-electron chi connectivity index (χ4n) is 8.37. The lowest BCUT2D eigenvalue weighted by Gasteiger charge is -2.34. The lowest BCUT2D eigenvalue weighted by Crippen LogP contribution is -2.21. The number of furan rings is 2. The Morgan fingerprint density at radius 2 is 1.34 bits per heavy atom. The molecule has 11 rings (SSSR count). The summed E-state index contributed by atoms with van der Waals surface area (Å²) in [5.41, 5.74) is 9.82. The second-order valence-electron chi connectivity index (χ2n) is 14.5. The SMILES string of the molecule is CC12C=CCCC1=CC(c1nc(-c3ccc4ccccc4c3)nc(-c3cccc4oc5ccc(-c6cccc7c6oc6ccccc67)cc5c34)n1)=CC2. The Hall–Kier alpha value is -6.59. The Labute approximate surface area is 305 Å². The molecule has 0 saturated carbocycles. The van der Waals surface area contributed by atoms with Crippen LogP contribution in [0.25, 0.3) is 94.1 Å². The minimum Gasteiger partial charge on any atom is -0.456 e. The molecule has 2 aliphatic rings. The van der Waals surface area contributed by atoms with Crippen molar-refractivity contribution in [3.63, 3.8) is 0 Å². The molecule has 2 aliphatic carbocycles. The lowest BCUT2D eigenvalue weighted by molar-refractivity contribution is 0.481. The van der Waals surface area contributed by atoms with Crippen LogP contribution in [-0.4, -0.2) is 15.0 Å². The zero-order valence-electron chi connectivity index (χ0n) is 29.1. The van der Waals surface area contributed by atoms with E-state index >= 15 is 0 Å². The number of aromatic nitrogens is 3. The van der Waals surface area contributed by atoms with Crippen LogP contribution in [0.15, 0.2) is 160 Å². The summed E-state index contributed by atoms with van der Waals surface area (Å²) < 4.78 is 12.9. The minimum absolute atomic E-state index is 0.0461. The van der Waals surface area contributed by atoms with Gasteiger partial charge in [-0.25, -0.2) is 15.0 Å². The van der Waals surface area contributed by atoms with Crippen molar-refractivity contribution in [1.29, 1.82) is 0 Å². The van der Waals surface area contributed by atoms with Crippen LogP contribution in [0.4, 0.5) is 0 Å². The molecule has 3 aromatic heterocycles. The first kappa shape index (κ1) is 30.1. The van der Waals surface area contributed by atoms with Crippen LogP contribution < -0.4 is 0 Å². The Morgan fingerprint density at radius 1 is 0.585 bits per heavy atom. The Balaban J connectivity index is 1.12. The first-order chi connectivity index (χ1) is 26.1. The third-order valence-electron chi connectivity index (χ3n) is 11.2. The van der Waals surface area contributed by atoms with E-state index in [9.17, 15) is 0 Å². The molecule has 6 aromatic carbocycles. The zero-order chi connectivity index (χ0) is 35.1. The maximum absolute atomic E-state index is 6.50. The molecule has 252 valence electrons. The first-order valence-electron chi connectivity index (χ1n) is 18.3. The van der Waals surface area contributed by atoms with Crippen LogP contribution in [0.1, 0.15) is 32.0 Å². The van der Waals surface area contributed by atoms with Gasteiger partial charge in [-0.15, -0.1) is 0 Å². The molecular weight excluding hydrogens is 651 g/mol. The Morgan fingerprint density at radius 3 is 2.30 bits per heavy atom. The fourth-order valence-corrected chi connectivity index (χ4v) is 8.37. The third kappa shape index (κ3) is 4.81. The molecule has 0 fully saturated rings. The number of allylic oxidation sites excluding steroid dienone is 6. The summed E-state index contributed by atoms with van der Waals surface area (Å²) in [6.07, 6.45) is 12.3. The molecule has 0 amide bonds. The van der Waals surface area contributed by atoms with Crippen LogP contribution in [0.3, 0.4) is 0 Å². The molecule has 5 nitrogen and oxygen atoms in total. The number of hydrogen-bond donors (Lipinski definition) is 0. The van der Waals surface area contributed by atoms with E-state index < -0.39 is 0 Å². The summed E-state index contributed by atoms with van der Waals surface area (Å²) in [7, 11) is 0. The molecule has 1 unspecified atom stereocenters. The summed E-state index contributed by atoms with van der Waals surface area (Å²) in [6.45, 7) is 2.33. The van der Waals surface area contributed by atoms with Crippen LogP contribution in [-0.2, 0) is 0 Å². The van der Waals surface area contributed by atoms with Gasteiger partial charge < -0.3 is 8.83 Å². The van der Waals surface area contributed by atoms with E-state index in [0.717, 1.165) is 96.4 Å². The number of nitrogens with zero attached hydrogens (tertiary/aromatic N) is 3. The van der Waals surface area contributed by atoms with Gasteiger partial charge in [0.15, 0.2) is 17.5 Å². The highest BCUT2D eigenvalue weighted by Crippen LogP contribution is 2.45. The van der Waals surface area contributed by atoms with E-state index in [0.29, 0.717) is 17.5 Å². The minimum atomic E-state index is 0.0461. The van der Waals surface area contributed by atoms with Crippen molar-refractivity contribution >= 4 is 60.2 Å². The largest absolute Gasteiger partial charge is 0.456 e. The number of para-hydroxylation sites is 2. The highest BCUT2D eigenvalue weighted by molar-refractivity contribution is 6.14. The molecule has 0 bridgehead atoms. The average molecular weight is 684 g/mol. The number of fused-ring (bicyclic) bond motifs is 8. The van der Waals surface area contributed by atoms with Gasteiger partial charge >= 0.3 is 0 Å². The topological polar surface area (TPSA) is 65.0 Å². The summed E-state index contributed by atoms with van der Waals surface area (Å²) >= 11 is 0. The first-order valence-corrected chi connectivity index (χ1v) is 18.3. The van der Waals surface area contributed by atoms with Crippen molar-refractivity contribution in [2.75, 3.05) is 0 Å². The van der Waals surface area contributed by atoms with E-state index in [1.807, 2.05) is 24.3 Å². The van der Waals surface area contributed by atoms with Gasteiger partial charge in [-0.1, -0.05) is 128 Å². The molecule has 5 heteroatoms. The second-order valence-corrected chi connectivity index (χ2v) is 14.5. The lowest BCUT2D eigenvalue weighted by atomic mass is 9.70. The Kier molecular flexibility index (Phi) is 6.50. The predicted molar refractivity (Wildman–Crippen MR) is 215 cm³/mol. The van der Waals surface area contributed by atoms with Gasteiger partial charge in [-0.3, -0.25) is 0 Å². The van der Waals surface area contributed by atoms with Gasteiger partial charge in [0.05, 0.1) is 0 Å². The van der Waals surface area contributed by atoms with Crippen molar-refractivity contribution in [3.8, 4) is 33.9 Å². The summed E-state index contributed by atoms with van der Waals surface area (Å²) in [4.78, 5) is 15.6.